The highest BCUT2D eigenvalue weighted by Crippen LogP contribution is 2.52. The van der Waals surface area contributed by atoms with Crippen LogP contribution in [0.3, 0.4) is 0 Å². The zero-order chi connectivity index (χ0) is 28.9. The summed E-state index contributed by atoms with van der Waals surface area (Å²) in [5, 5.41) is 13.4. The molecule has 0 radical (unpaired) electrons. The van der Waals surface area contributed by atoms with Gasteiger partial charge in [-0.1, -0.05) is 37.0 Å². The van der Waals surface area contributed by atoms with E-state index in [1.54, 1.807) is 6.92 Å². The number of ketones is 1. The standard InChI is InChI=1S/C26H29Cl2F3N4O4/c1-24(2)8-14(24)12-34(13-19(36)20-17(27)10-32-11-18(20)28)22(37)16-9-33-35(21(16)26(29,30)31)15-4-6-25(3,7-5-15)23(38)39/h9-11,14-15H,4-8,12-13H2,1-3H3,(H,38,39)/t14-,15?,25?/m1/s1. The van der Waals surface area contributed by atoms with Crippen molar-refractivity contribution in [3.8, 4) is 0 Å². The minimum absolute atomic E-state index is 0.00550. The summed E-state index contributed by atoms with van der Waals surface area (Å²) in [6, 6.07) is -0.720. The molecule has 2 aromatic heterocycles. The molecule has 13 heteroatoms. The molecule has 8 nitrogen and oxygen atoms in total. The maximum Gasteiger partial charge on any atom is 0.433 e. The van der Waals surface area contributed by atoms with Crippen LogP contribution in [0.4, 0.5) is 13.2 Å². The molecule has 2 aliphatic rings. The average Bonchev–Trinajstić information content (AvgIpc) is 3.22. The number of amides is 1. The first-order valence-corrected chi connectivity index (χ1v) is 13.3. The van der Waals surface area contributed by atoms with Crippen molar-refractivity contribution in [2.24, 2.45) is 16.7 Å². The van der Waals surface area contributed by atoms with E-state index in [4.69, 9.17) is 23.2 Å². The Balaban J connectivity index is 1.66. The predicted molar refractivity (Wildman–Crippen MR) is 137 cm³/mol. The molecule has 4 rings (SSSR count). The zero-order valence-electron chi connectivity index (χ0n) is 21.7. The van der Waals surface area contributed by atoms with Crippen molar-refractivity contribution in [1.82, 2.24) is 19.7 Å². The largest absolute Gasteiger partial charge is 0.481 e. The lowest BCUT2D eigenvalue weighted by atomic mass is 9.74. The van der Waals surface area contributed by atoms with E-state index < -0.39 is 53.1 Å². The van der Waals surface area contributed by atoms with Crippen molar-refractivity contribution < 1.29 is 32.7 Å². The number of aromatic nitrogens is 3. The first kappa shape index (κ1) is 29.3. The Bertz CT molecular complexity index is 1280. The molecular formula is C26H29Cl2F3N4O4. The fraction of sp³-hybridized carbons (Fsp3) is 0.577. The van der Waals surface area contributed by atoms with Gasteiger partial charge in [-0.3, -0.25) is 24.0 Å². The zero-order valence-corrected chi connectivity index (χ0v) is 23.2. The molecule has 39 heavy (non-hydrogen) atoms. The van der Waals surface area contributed by atoms with Gasteiger partial charge in [0.1, 0.15) is 0 Å². The Hall–Kier alpha value is -2.66. The maximum atomic E-state index is 14.4. The first-order chi connectivity index (χ1) is 18.0. The topological polar surface area (TPSA) is 105 Å². The van der Waals surface area contributed by atoms with Crippen LogP contribution in [0, 0.1) is 16.7 Å². The summed E-state index contributed by atoms with van der Waals surface area (Å²) in [6.45, 7) is 5.07. The van der Waals surface area contributed by atoms with Crippen molar-refractivity contribution in [2.45, 2.75) is 65.1 Å². The van der Waals surface area contributed by atoms with E-state index in [1.165, 1.54) is 12.4 Å². The summed E-state index contributed by atoms with van der Waals surface area (Å²) in [4.78, 5) is 43.3. The number of nitrogens with zero attached hydrogens (tertiary/aromatic N) is 4. The molecule has 0 aromatic carbocycles. The lowest BCUT2D eigenvalue weighted by Crippen LogP contribution is -2.39. The smallest absolute Gasteiger partial charge is 0.433 e. The highest BCUT2D eigenvalue weighted by Gasteiger charge is 2.49. The van der Waals surface area contributed by atoms with Crippen molar-refractivity contribution in [1.29, 1.82) is 0 Å². The fourth-order valence-electron chi connectivity index (χ4n) is 5.25. The number of Topliss-reactive ketones (excluding diaryl/α,β-unsaturated/α-hetero) is 1. The van der Waals surface area contributed by atoms with Gasteiger partial charge in [-0.25, -0.2) is 0 Å². The van der Waals surface area contributed by atoms with Crippen LogP contribution in [-0.4, -0.2) is 55.5 Å². The fourth-order valence-corrected chi connectivity index (χ4v) is 5.83. The molecule has 2 saturated carbocycles. The highest BCUT2D eigenvalue weighted by atomic mass is 35.5. The van der Waals surface area contributed by atoms with Crippen LogP contribution in [0.5, 0.6) is 0 Å². The number of carbonyl (C=O) groups excluding carboxylic acids is 2. The SMILES string of the molecule is CC1(C(=O)O)CCC(n2ncc(C(=O)N(CC(=O)c3c(Cl)cncc3Cl)C[C@H]3CC3(C)C)c2C(F)(F)F)CC1. The van der Waals surface area contributed by atoms with E-state index in [0.717, 1.165) is 22.2 Å². The van der Waals surface area contributed by atoms with E-state index in [9.17, 15) is 32.7 Å². The van der Waals surface area contributed by atoms with Gasteiger partial charge in [-0.15, -0.1) is 0 Å². The number of carbonyl (C=O) groups is 3. The van der Waals surface area contributed by atoms with Crippen LogP contribution in [0.1, 0.15) is 85.3 Å². The van der Waals surface area contributed by atoms with Crippen LogP contribution < -0.4 is 0 Å². The Labute approximate surface area is 233 Å². The van der Waals surface area contributed by atoms with Gasteiger partial charge in [-0.05, 0) is 50.4 Å². The molecule has 2 fully saturated rings. The molecule has 1 amide bonds. The number of hydrogen-bond acceptors (Lipinski definition) is 5. The average molecular weight is 589 g/mol. The van der Waals surface area contributed by atoms with Crippen molar-refractivity contribution in [2.75, 3.05) is 13.1 Å². The van der Waals surface area contributed by atoms with Gasteiger partial charge in [0.05, 0.1) is 45.4 Å². The second-order valence-corrected chi connectivity index (χ2v) is 12.2. The van der Waals surface area contributed by atoms with Gasteiger partial charge in [0.2, 0.25) is 0 Å². The molecule has 1 atom stereocenters. The third-order valence-electron chi connectivity index (χ3n) is 8.13. The minimum atomic E-state index is -4.92. The Morgan fingerprint density at radius 2 is 1.67 bits per heavy atom. The van der Waals surface area contributed by atoms with Gasteiger partial charge >= 0.3 is 12.1 Å². The summed E-state index contributed by atoms with van der Waals surface area (Å²) < 4.78 is 44.0. The number of halogens is 5. The number of alkyl halides is 3. The molecule has 0 aliphatic heterocycles. The molecule has 0 saturated heterocycles. The molecule has 0 unspecified atom stereocenters. The van der Waals surface area contributed by atoms with E-state index >= 15 is 0 Å². The predicted octanol–water partition coefficient (Wildman–Crippen LogP) is 6.18. The van der Waals surface area contributed by atoms with Crippen LogP contribution in [0.15, 0.2) is 18.6 Å². The molecule has 212 valence electrons. The van der Waals surface area contributed by atoms with Gasteiger partial charge in [0.25, 0.3) is 5.91 Å². The van der Waals surface area contributed by atoms with Crippen molar-refractivity contribution >= 4 is 40.9 Å². The molecule has 1 N–H and O–H groups in total. The lowest BCUT2D eigenvalue weighted by Gasteiger charge is -2.34. The number of aliphatic carboxylic acids is 1. The summed E-state index contributed by atoms with van der Waals surface area (Å²) in [5.41, 5.74) is -3.07. The van der Waals surface area contributed by atoms with Gasteiger partial charge in [0, 0.05) is 18.9 Å². The third kappa shape index (κ3) is 5.94. The van der Waals surface area contributed by atoms with Gasteiger partial charge in [0.15, 0.2) is 11.5 Å². The lowest BCUT2D eigenvalue weighted by molar-refractivity contribution is -0.152. The van der Waals surface area contributed by atoms with E-state index in [1.807, 2.05) is 13.8 Å². The van der Waals surface area contributed by atoms with Crippen LogP contribution in [0.2, 0.25) is 10.0 Å². The number of carboxylic acid groups (broad SMARTS) is 1. The minimum Gasteiger partial charge on any atom is -0.481 e. The molecule has 2 heterocycles. The van der Waals surface area contributed by atoms with Crippen molar-refractivity contribution in [3.63, 3.8) is 0 Å². The molecule has 0 spiro atoms. The number of pyridine rings is 1. The van der Waals surface area contributed by atoms with Gasteiger partial charge in [-0.2, -0.15) is 18.3 Å². The number of rotatable bonds is 8. The Morgan fingerprint density at radius 3 is 2.15 bits per heavy atom. The van der Waals surface area contributed by atoms with Crippen molar-refractivity contribution in [3.05, 3.63) is 45.5 Å². The third-order valence-corrected chi connectivity index (χ3v) is 8.70. The van der Waals surface area contributed by atoms with Crippen LogP contribution in [-0.2, 0) is 11.0 Å². The Morgan fingerprint density at radius 1 is 1.10 bits per heavy atom. The number of carboxylic acids is 1. The first-order valence-electron chi connectivity index (χ1n) is 12.5. The second-order valence-electron chi connectivity index (χ2n) is 11.4. The van der Waals surface area contributed by atoms with Gasteiger partial charge < -0.3 is 10.0 Å². The van der Waals surface area contributed by atoms with Crippen LogP contribution in [0.25, 0.3) is 0 Å². The molecule has 0 bridgehead atoms. The molecule has 2 aromatic rings. The summed E-state index contributed by atoms with van der Waals surface area (Å²) in [5.74, 6) is -2.60. The van der Waals surface area contributed by atoms with E-state index in [-0.39, 0.29) is 59.2 Å². The van der Waals surface area contributed by atoms with E-state index in [2.05, 4.69) is 10.1 Å². The number of hydrogen-bond donors (Lipinski definition) is 1. The maximum absolute atomic E-state index is 14.4. The summed E-state index contributed by atoms with van der Waals surface area (Å²) >= 11 is 12.2. The molecular weight excluding hydrogens is 560 g/mol. The summed E-state index contributed by atoms with van der Waals surface area (Å²) in [7, 11) is 0. The van der Waals surface area contributed by atoms with Crippen LogP contribution >= 0.6 is 23.2 Å². The van der Waals surface area contributed by atoms with E-state index in [0.29, 0.717) is 0 Å². The monoisotopic (exact) mass is 588 g/mol. The normalized spacial score (nSPS) is 24.3. The Kier molecular flexibility index (Phi) is 7.81. The highest BCUT2D eigenvalue weighted by molar-refractivity contribution is 6.39. The molecule has 2 aliphatic carbocycles. The summed E-state index contributed by atoms with van der Waals surface area (Å²) in [6.07, 6.45) is -0.144. The second kappa shape index (κ2) is 10.4. The quantitative estimate of drug-likeness (QED) is 0.369.